The minimum atomic E-state index is -0.107. The number of benzene rings is 1. The number of fused-ring (bicyclic) bond motifs is 3. The Balaban J connectivity index is 1.57. The molecule has 5 nitrogen and oxygen atoms in total. The lowest BCUT2D eigenvalue weighted by atomic mass is 9.87. The van der Waals surface area contributed by atoms with Gasteiger partial charge in [-0.25, -0.2) is 0 Å². The van der Waals surface area contributed by atoms with E-state index in [-0.39, 0.29) is 11.4 Å². The van der Waals surface area contributed by atoms with E-state index in [9.17, 15) is 4.79 Å². The highest BCUT2D eigenvalue weighted by Gasteiger charge is 2.35. The van der Waals surface area contributed by atoms with Crippen molar-refractivity contribution in [1.29, 1.82) is 0 Å². The van der Waals surface area contributed by atoms with Crippen LogP contribution in [0.1, 0.15) is 52.5 Å². The van der Waals surface area contributed by atoms with Crippen molar-refractivity contribution in [2.75, 3.05) is 5.75 Å². The van der Waals surface area contributed by atoms with Crippen LogP contribution in [0.4, 0.5) is 0 Å². The fraction of sp³-hybridized carbons (Fsp3) is 0.571. The molecule has 2 aromatic rings. The van der Waals surface area contributed by atoms with Crippen LogP contribution in [0.5, 0.6) is 0 Å². The minimum Gasteiger partial charge on any atom is -0.337 e. The summed E-state index contributed by atoms with van der Waals surface area (Å²) < 4.78 is 2.22. The van der Waals surface area contributed by atoms with E-state index >= 15 is 0 Å². The molecule has 6 heteroatoms. The molecule has 0 saturated carbocycles. The Bertz CT molecular complexity index is 850. The van der Waals surface area contributed by atoms with E-state index in [0.717, 1.165) is 35.8 Å². The third-order valence-corrected chi connectivity index (χ3v) is 6.84. The lowest BCUT2D eigenvalue weighted by molar-refractivity contribution is -0.134. The average molecular weight is 385 g/mol. The second-order valence-corrected chi connectivity index (χ2v) is 9.45. The van der Waals surface area contributed by atoms with Crippen LogP contribution < -0.4 is 0 Å². The van der Waals surface area contributed by atoms with E-state index < -0.39 is 0 Å². The first-order valence-electron chi connectivity index (χ1n) is 9.86. The van der Waals surface area contributed by atoms with Gasteiger partial charge in [-0.05, 0) is 58.9 Å². The summed E-state index contributed by atoms with van der Waals surface area (Å²) in [5, 5.41) is 9.78. The standard InChI is InChI=1S/C21H28N4OS/c1-14-8-7-9-15(2)24(14)18(26)13-27-20-23-22-19-17-11-6-5-10-16(17)12-21(3,4)25(19)20/h5-6,10-11,14-15H,7-9,12-13H2,1-4H3/t14-,15+. The van der Waals surface area contributed by atoms with Crippen LogP contribution in [0.15, 0.2) is 29.4 Å². The van der Waals surface area contributed by atoms with E-state index in [1.807, 2.05) is 6.07 Å². The maximum absolute atomic E-state index is 12.9. The number of aromatic nitrogens is 3. The molecule has 1 aromatic heterocycles. The highest BCUT2D eigenvalue weighted by atomic mass is 32.2. The highest BCUT2D eigenvalue weighted by molar-refractivity contribution is 7.99. The molecule has 1 amide bonds. The van der Waals surface area contributed by atoms with Gasteiger partial charge in [0.15, 0.2) is 11.0 Å². The molecular formula is C21H28N4OS. The molecule has 2 aliphatic rings. The third-order valence-electron chi connectivity index (χ3n) is 5.93. The van der Waals surface area contributed by atoms with Gasteiger partial charge >= 0.3 is 0 Å². The molecule has 0 bridgehead atoms. The van der Waals surface area contributed by atoms with Gasteiger partial charge in [0.25, 0.3) is 0 Å². The van der Waals surface area contributed by atoms with Gasteiger partial charge in [-0.1, -0.05) is 36.0 Å². The predicted molar refractivity (Wildman–Crippen MR) is 109 cm³/mol. The Labute approximate surface area is 165 Å². The van der Waals surface area contributed by atoms with Gasteiger partial charge in [0.2, 0.25) is 5.91 Å². The van der Waals surface area contributed by atoms with Crippen molar-refractivity contribution in [3.8, 4) is 11.4 Å². The molecule has 4 rings (SSSR count). The lowest BCUT2D eigenvalue weighted by Gasteiger charge is -2.39. The van der Waals surface area contributed by atoms with Crippen molar-refractivity contribution >= 4 is 17.7 Å². The van der Waals surface area contributed by atoms with Crippen molar-refractivity contribution in [1.82, 2.24) is 19.7 Å². The zero-order valence-electron chi connectivity index (χ0n) is 16.6. The highest BCUT2D eigenvalue weighted by Crippen LogP contribution is 2.39. The van der Waals surface area contributed by atoms with Gasteiger partial charge in [-0.2, -0.15) is 0 Å². The molecule has 3 heterocycles. The molecule has 1 aromatic carbocycles. The number of nitrogens with zero attached hydrogens (tertiary/aromatic N) is 4. The molecular weight excluding hydrogens is 356 g/mol. The average Bonchev–Trinajstić information content (AvgIpc) is 3.05. The summed E-state index contributed by atoms with van der Waals surface area (Å²) in [6, 6.07) is 9.07. The van der Waals surface area contributed by atoms with Crippen molar-refractivity contribution in [3.05, 3.63) is 29.8 Å². The van der Waals surface area contributed by atoms with Crippen LogP contribution in [0.3, 0.4) is 0 Å². The number of hydrogen-bond acceptors (Lipinski definition) is 4. The van der Waals surface area contributed by atoms with E-state index in [1.54, 1.807) is 0 Å². The van der Waals surface area contributed by atoms with Crippen molar-refractivity contribution in [2.45, 2.75) is 76.2 Å². The van der Waals surface area contributed by atoms with Gasteiger partial charge < -0.3 is 4.90 Å². The molecule has 0 unspecified atom stereocenters. The molecule has 0 N–H and O–H groups in total. The van der Waals surface area contributed by atoms with E-state index in [2.05, 4.69) is 65.6 Å². The molecule has 2 atom stereocenters. The van der Waals surface area contributed by atoms with Crippen LogP contribution in [0, 0.1) is 0 Å². The summed E-state index contributed by atoms with van der Waals surface area (Å²) >= 11 is 1.52. The number of carbonyl (C=O) groups is 1. The molecule has 0 spiro atoms. The van der Waals surface area contributed by atoms with Crippen LogP contribution in [0.2, 0.25) is 0 Å². The second kappa shape index (κ2) is 6.97. The molecule has 1 saturated heterocycles. The van der Waals surface area contributed by atoms with Crippen molar-refractivity contribution < 1.29 is 4.79 Å². The number of hydrogen-bond donors (Lipinski definition) is 0. The van der Waals surface area contributed by atoms with Crippen LogP contribution in [0.25, 0.3) is 11.4 Å². The smallest absolute Gasteiger partial charge is 0.233 e. The summed E-state index contributed by atoms with van der Waals surface area (Å²) in [6.07, 6.45) is 4.36. The second-order valence-electron chi connectivity index (χ2n) is 8.51. The van der Waals surface area contributed by atoms with Crippen molar-refractivity contribution in [2.24, 2.45) is 0 Å². The van der Waals surface area contributed by atoms with E-state index in [4.69, 9.17) is 0 Å². The zero-order valence-corrected chi connectivity index (χ0v) is 17.4. The summed E-state index contributed by atoms with van der Waals surface area (Å²) in [7, 11) is 0. The van der Waals surface area contributed by atoms with Crippen LogP contribution >= 0.6 is 11.8 Å². The predicted octanol–water partition coefficient (Wildman–Crippen LogP) is 4.12. The SMILES string of the molecule is C[C@@H]1CCC[C@H](C)N1C(=O)CSc1nnc2n1C(C)(C)Cc1ccccc1-2. The first-order chi connectivity index (χ1) is 12.9. The Kier molecular flexibility index (Phi) is 4.78. The fourth-order valence-corrected chi connectivity index (χ4v) is 5.60. The molecule has 0 aliphatic carbocycles. The van der Waals surface area contributed by atoms with Gasteiger partial charge in [-0.3, -0.25) is 9.36 Å². The summed E-state index contributed by atoms with van der Waals surface area (Å²) in [5.74, 6) is 1.55. The Hall–Kier alpha value is -1.82. The topological polar surface area (TPSA) is 51.0 Å². The summed E-state index contributed by atoms with van der Waals surface area (Å²) in [4.78, 5) is 15.0. The maximum atomic E-state index is 12.9. The Morgan fingerprint density at radius 2 is 1.89 bits per heavy atom. The Morgan fingerprint density at radius 1 is 1.19 bits per heavy atom. The normalized spacial score (nSPS) is 23.6. The van der Waals surface area contributed by atoms with Gasteiger partial charge in [0, 0.05) is 23.2 Å². The molecule has 27 heavy (non-hydrogen) atoms. The third kappa shape index (κ3) is 3.28. The summed E-state index contributed by atoms with van der Waals surface area (Å²) in [5.41, 5.74) is 2.36. The zero-order chi connectivity index (χ0) is 19.2. The minimum absolute atomic E-state index is 0.107. The molecule has 2 aliphatic heterocycles. The quantitative estimate of drug-likeness (QED) is 0.747. The number of likely N-dealkylation sites (tertiary alicyclic amines) is 1. The van der Waals surface area contributed by atoms with E-state index in [0.29, 0.717) is 17.8 Å². The summed E-state index contributed by atoms with van der Waals surface area (Å²) in [6.45, 7) is 8.77. The molecule has 0 radical (unpaired) electrons. The first-order valence-corrected chi connectivity index (χ1v) is 10.8. The largest absolute Gasteiger partial charge is 0.337 e. The Morgan fingerprint density at radius 3 is 2.63 bits per heavy atom. The molecule has 144 valence electrons. The van der Waals surface area contributed by atoms with Crippen LogP contribution in [-0.2, 0) is 16.8 Å². The van der Waals surface area contributed by atoms with Gasteiger partial charge in [0.1, 0.15) is 0 Å². The molecule has 1 fully saturated rings. The van der Waals surface area contributed by atoms with Crippen LogP contribution in [-0.4, -0.2) is 43.4 Å². The van der Waals surface area contributed by atoms with Gasteiger partial charge in [-0.15, -0.1) is 10.2 Å². The monoisotopic (exact) mass is 384 g/mol. The lowest BCUT2D eigenvalue weighted by Crippen LogP contribution is -2.48. The number of rotatable bonds is 3. The fourth-order valence-electron chi connectivity index (χ4n) is 4.63. The number of thioether (sulfide) groups is 1. The number of carbonyl (C=O) groups excluding carboxylic acids is 1. The maximum Gasteiger partial charge on any atom is 0.233 e. The van der Waals surface area contributed by atoms with Gasteiger partial charge in [0.05, 0.1) is 5.75 Å². The number of piperidine rings is 1. The first kappa shape index (κ1) is 18.5. The van der Waals surface area contributed by atoms with Crippen molar-refractivity contribution in [3.63, 3.8) is 0 Å². The number of amides is 1. The van der Waals surface area contributed by atoms with E-state index in [1.165, 1.54) is 23.7 Å².